The molecule has 1 heterocycles. The Morgan fingerprint density at radius 1 is 1.09 bits per heavy atom. The van der Waals surface area contributed by atoms with E-state index in [2.05, 4.69) is 0 Å². The van der Waals surface area contributed by atoms with Crippen LogP contribution >= 0.6 is 0 Å². The van der Waals surface area contributed by atoms with Crippen molar-refractivity contribution in [1.29, 1.82) is 0 Å². The summed E-state index contributed by atoms with van der Waals surface area (Å²) in [6.07, 6.45) is 11.2. The molecule has 1 aliphatic heterocycles. The van der Waals surface area contributed by atoms with Crippen LogP contribution < -0.4 is 4.74 Å². The van der Waals surface area contributed by atoms with E-state index in [0.717, 1.165) is 36.2 Å². The number of amides is 1. The summed E-state index contributed by atoms with van der Waals surface area (Å²) in [5, 5.41) is 9.73. The lowest BCUT2D eigenvalue weighted by Gasteiger charge is -2.56. The number of halogens is 1. The molecular weight excluding hydrogens is 433 g/mol. The number of benzene rings is 1. The molecular formula is C28H36FNO4. The summed E-state index contributed by atoms with van der Waals surface area (Å²) in [4.78, 5) is 26.6. The number of likely N-dealkylation sites (tertiary alicyclic amines) is 1. The second-order valence-corrected chi connectivity index (χ2v) is 12.1. The highest BCUT2D eigenvalue weighted by Gasteiger charge is 2.51. The molecule has 34 heavy (non-hydrogen) atoms. The molecule has 0 unspecified atom stereocenters. The summed E-state index contributed by atoms with van der Waals surface area (Å²) in [7, 11) is 0. The maximum atomic E-state index is 15.3. The third-order valence-electron chi connectivity index (χ3n) is 9.61. The van der Waals surface area contributed by atoms with Crippen molar-refractivity contribution in [2.45, 2.75) is 83.1 Å². The maximum Gasteiger partial charge on any atom is 0.326 e. The van der Waals surface area contributed by atoms with Gasteiger partial charge in [0.2, 0.25) is 0 Å². The van der Waals surface area contributed by atoms with Crippen LogP contribution in [0.15, 0.2) is 12.1 Å². The van der Waals surface area contributed by atoms with Crippen molar-refractivity contribution in [1.82, 2.24) is 4.90 Å². The summed E-state index contributed by atoms with van der Waals surface area (Å²) in [6.45, 7) is 2.95. The van der Waals surface area contributed by atoms with Crippen molar-refractivity contribution in [2.75, 3.05) is 13.2 Å². The molecule has 0 aromatic heterocycles. The molecule has 1 amide bonds. The lowest BCUT2D eigenvalue weighted by Crippen LogP contribution is -2.48. The Bertz CT molecular complexity index is 967. The molecule has 6 fully saturated rings. The van der Waals surface area contributed by atoms with Crippen molar-refractivity contribution in [2.24, 2.45) is 29.1 Å². The van der Waals surface area contributed by atoms with E-state index in [1.165, 1.54) is 49.5 Å². The molecule has 1 saturated heterocycles. The number of carbonyl (C=O) groups excluding carboxylic acids is 1. The molecule has 184 valence electrons. The van der Waals surface area contributed by atoms with Gasteiger partial charge in [-0.1, -0.05) is 13.3 Å². The normalized spacial score (nSPS) is 36.2. The Labute approximate surface area is 201 Å². The number of carboxylic acid groups (broad SMARTS) is 1. The first-order valence-corrected chi connectivity index (χ1v) is 13.4. The Morgan fingerprint density at radius 3 is 2.29 bits per heavy atom. The number of aliphatic carboxylic acids is 1. The first-order valence-electron chi connectivity index (χ1n) is 13.4. The fourth-order valence-electron chi connectivity index (χ4n) is 8.27. The molecule has 5 aliphatic carbocycles. The van der Waals surface area contributed by atoms with Crippen molar-refractivity contribution in [3.8, 4) is 5.75 Å². The highest BCUT2D eigenvalue weighted by molar-refractivity contribution is 5.97. The molecule has 5 saturated carbocycles. The van der Waals surface area contributed by atoms with E-state index in [1.54, 1.807) is 6.07 Å². The Balaban J connectivity index is 1.24. The molecule has 0 spiro atoms. The van der Waals surface area contributed by atoms with Crippen LogP contribution in [0.1, 0.15) is 93.0 Å². The average Bonchev–Trinajstić information content (AvgIpc) is 3.53. The second kappa shape index (κ2) is 8.23. The lowest BCUT2D eigenvalue weighted by atomic mass is 9.50. The summed E-state index contributed by atoms with van der Waals surface area (Å²) < 4.78 is 21.7. The summed E-state index contributed by atoms with van der Waals surface area (Å²) >= 11 is 0. The van der Waals surface area contributed by atoms with E-state index in [-0.39, 0.29) is 16.9 Å². The van der Waals surface area contributed by atoms with Gasteiger partial charge >= 0.3 is 5.97 Å². The van der Waals surface area contributed by atoms with Gasteiger partial charge in [-0.25, -0.2) is 9.18 Å². The molecule has 4 bridgehead atoms. The van der Waals surface area contributed by atoms with Crippen molar-refractivity contribution < 1.29 is 23.8 Å². The van der Waals surface area contributed by atoms with Gasteiger partial charge in [0.05, 0.1) is 12.2 Å². The third-order valence-corrected chi connectivity index (χ3v) is 9.61. The Hall–Kier alpha value is -2.11. The summed E-state index contributed by atoms with van der Waals surface area (Å²) in [5.74, 6) is 1.21. The summed E-state index contributed by atoms with van der Waals surface area (Å²) in [5.41, 5.74) is 1.15. The van der Waals surface area contributed by atoms with Crippen LogP contribution in [0.2, 0.25) is 0 Å². The van der Waals surface area contributed by atoms with Gasteiger partial charge in [-0.05, 0) is 99.0 Å². The monoisotopic (exact) mass is 469 g/mol. The van der Waals surface area contributed by atoms with E-state index < -0.39 is 23.7 Å². The largest absolute Gasteiger partial charge is 0.493 e. The molecule has 6 heteroatoms. The smallest absolute Gasteiger partial charge is 0.326 e. The minimum atomic E-state index is -1.00. The average molecular weight is 470 g/mol. The van der Waals surface area contributed by atoms with Crippen molar-refractivity contribution in [3.05, 3.63) is 29.1 Å². The molecule has 0 radical (unpaired) electrons. The molecule has 2 atom stereocenters. The second-order valence-electron chi connectivity index (χ2n) is 12.1. The SMILES string of the molecule is CC[C@H]1CCN(C(=O)c2cc(C3CC3)c(OCC34CC5CC(CC(C5)C3)C4)cc2F)[C@@H]1C(=O)O. The fourth-order valence-corrected chi connectivity index (χ4v) is 8.27. The molecule has 5 nitrogen and oxygen atoms in total. The van der Waals surface area contributed by atoms with Crippen LogP contribution in [0.25, 0.3) is 0 Å². The molecule has 7 rings (SSSR count). The number of carbonyl (C=O) groups is 2. The van der Waals surface area contributed by atoms with Gasteiger partial charge in [-0.3, -0.25) is 4.79 Å². The standard InChI is InChI=1S/C28H36FNO4/c1-2-19-5-6-30(25(19)27(32)33)26(31)22-10-21(20-3-4-20)24(11-23(22)29)34-15-28-12-16-7-17(13-28)9-18(8-16)14-28/h10-11,16-20,25H,2-9,12-15H2,1H3,(H,32,33)/t16?,17?,18?,19-,25-,28?/m0/s1. The van der Waals surface area contributed by atoms with Gasteiger partial charge < -0.3 is 14.7 Å². The Morgan fingerprint density at radius 2 is 1.74 bits per heavy atom. The number of carboxylic acids is 1. The van der Waals surface area contributed by atoms with Crippen LogP contribution in [0, 0.1) is 34.9 Å². The third kappa shape index (κ3) is 3.81. The zero-order valence-electron chi connectivity index (χ0n) is 20.1. The quantitative estimate of drug-likeness (QED) is 0.563. The molecule has 1 N–H and O–H groups in total. The van der Waals surface area contributed by atoms with Gasteiger partial charge in [0.1, 0.15) is 17.6 Å². The highest BCUT2D eigenvalue weighted by atomic mass is 19.1. The Kier molecular flexibility index (Phi) is 5.42. The topological polar surface area (TPSA) is 66.8 Å². The number of rotatable bonds is 7. The van der Waals surface area contributed by atoms with E-state index in [4.69, 9.17) is 4.74 Å². The zero-order chi connectivity index (χ0) is 23.6. The number of hydrogen-bond donors (Lipinski definition) is 1. The summed E-state index contributed by atoms with van der Waals surface area (Å²) in [6, 6.07) is 2.20. The van der Waals surface area contributed by atoms with Crippen LogP contribution in [-0.2, 0) is 4.79 Å². The van der Waals surface area contributed by atoms with E-state index in [9.17, 15) is 14.7 Å². The predicted octanol–water partition coefficient (Wildman–Crippen LogP) is 5.62. The van der Waals surface area contributed by atoms with Gasteiger partial charge in [0.15, 0.2) is 0 Å². The van der Waals surface area contributed by atoms with Crippen LogP contribution in [0.5, 0.6) is 5.75 Å². The van der Waals surface area contributed by atoms with Gasteiger partial charge in [0, 0.05) is 18.0 Å². The molecule has 1 aromatic carbocycles. The van der Waals surface area contributed by atoms with E-state index in [0.29, 0.717) is 37.7 Å². The highest BCUT2D eigenvalue weighted by Crippen LogP contribution is 2.60. The van der Waals surface area contributed by atoms with Gasteiger partial charge in [-0.15, -0.1) is 0 Å². The predicted molar refractivity (Wildman–Crippen MR) is 125 cm³/mol. The van der Waals surface area contributed by atoms with Crippen molar-refractivity contribution in [3.63, 3.8) is 0 Å². The first-order chi connectivity index (χ1) is 16.4. The zero-order valence-corrected chi connectivity index (χ0v) is 20.1. The minimum Gasteiger partial charge on any atom is -0.493 e. The lowest BCUT2D eigenvalue weighted by molar-refractivity contribution is -0.142. The number of nitrogens with zero attached hydrogens (tertiary/aromatic N) is 1. The molecule has 1 aromatic rings. The van der Waals surface area contributed by atoms with Crippen LogP contribution in [0.3, 0.4) is 0 Å². The fraction of sp³-hybridized carbons (Fsp3) is 0.714. The number of ether oxygens (including phenoxy) is 1. The van der Waals surface area contributed by atoms with Crippen LogP contribution in [-0.4, -0.2) is 41.1 Å². The van der Waals surface area contributed by atoms with E-state index >= 15 is 4.39 Å². The maximum absolute atomic E-state index is 15.3. The van der Waals surface area contributed by atoms with Crippen LogP contribution in [0.4, 0.5) is 4.39 Å². The van der Waals surface area contributed by atoms with Gasteiger partial charge in [0.25, 0.3) is 5.91 Å². The number of hydrogen-bond acceptors (Lipinski definition) is 3. The molecule has 6 aliphatic rings. The minimum absolute atomic E-state index is 0.00735. The van der Waals surface area contributed by atoms with Crippen molar-refractivity contribution >= 4 is 11.9 Å². The van der Waals surface area contributed by atoms with E-state index in [1.807, 2.05) is 6.92 Å². The first kappa shape index (κ1) is 22.4. The van der Waals surface area contributed by atoms with Gasteiger partial charge in [-0.2, -0.15) is 0 Å².